The lowest BCUT2D eigenvalue weighted by Crippen LogP contribution is -2.37. The fraction of sp³-hybridized carbons (Fsp3) is 0.600. The molecule has 1 N–H and O–H groups in total. The fourth-order valence-corrected chi connectivity index (χ4v) is 2.52. The van der Waals surface area contributed by atoms with E-state index >= 15 is 0 Å². The predicted octanol–water partition coefficient (Wildman–Crippen LogP) is 3.28. The zero-order chi connectivity index (χ0) is 14.6. The molecule has 2 rings (SSSR count). The van der Waals surface area contributed by atoms with Crippen molar-refractivity contribution in [3.8, 4) is 0 Å². The Hall–Kier alpha value is -1.07. The van der Waals surface area contributed by atoms with Crippen molar-refractivity contribution in [3.63, 3.8) is 0 Å². The number of alkyl halides is 3. The molecule has 1 atom stereocenters. The van der Waals surface area contributed by atoms with Crippen LogP contribution < -0.4 is 5.32 Å². The van der Waals surface area contributed by atoms with Gasteiger partial charge in [-0.1, -0.05) is 12.1 Å². The van der Waals surface area contributed by atoms with Crippen LogP contribution in [0.1, 0.15) is 30.9 Å². The van der Waals surface area contributed by atoms with Crippen LogP contribution in [0.25, 0.3) is 0 Å². The quantitative estimate of drug-likeness (QED) is 0.893. The summed E-state index contributed by atoms with van der Waals surface area (Å²) in [5, 5.41) is 3.36. The molecule has 0 bridgehead atoms. The average molecular weight is 286 g/mol. The van der Waals surface area contributed by atoms with Gasteiger partial charge in [-0.05, 0) is 50.6 Å². The van der Waals surface area contributed by atoms with Crippen LogP contribution in [-0.2, 0) is 12.7 Å². The zero-order valence-electron chi connectivity index (χ0n) is 11.7. The van der Waals surface area contributed by atoms with E-state index in [-0.39, 0.29) is 0 Å². The van der Waals surface area contributed by atoms with Crippen molar-refractivity contribution in [1.82, 2.24) is 10.2 Å². The zero-order valence-corrected chi connectivity index (χ0v) is 11.7. The molecule has 1 heterocycles. The van der Waals surface area contributed by atoms with E-state index < -0.39 is 11.7 Å². The first-order valence-corrected chi connectivity index (χ1v) is 7.07. The molecule has 5 heteroatoms. The van der Waals surface area contributed by atoms with Gasteiger partial charge in [0.1, 0.15) is 0 Å². The molecular weight excluding hydrogens is 265 g/mol. The van der Waals surface area contributed by atoms with Crippen LogP contribution in [0, 0.1) is 0 Å². The molecule has 112 valence electrons. The van der Waals surface area contributed by atoms with Gasteiger partial charge in [0.15, 0.2) is 0 Å². The van der Waals surface area contributed by atoms with E-state index in [1.165, 1.54) is 12.8 Å². The molecule has 1 aromatic rings. The third kappa shape index (κ3) is 4.49. The van der Waals surface area contributed by atoms with Crippen molar-refractivity contribution in [1.29, 1.82) is 0 Å². The maximum atomic E-state index is 12.4. The molecule has 1 aromatic carbocycles. The molecule has 1 unspecified atom stereocenters. The number of hydrogen-bond acceptors (Lipinski definition) is 2. The summed E-state index contributed by atoms with van der Waals surface area (Å²) < 4.78 is 37.3. The van der Waals surface area contributed by atoms with Gasteiger partial charge in [0.25, 0.3) is 0 Å². The number of hydrogen-bond donors (Lipinski definition) is 1. The molecule has 0 spiro atoms. The smallest absolute Gasteiger partial charge is 0.309 e. The number of likely N-dealkylation sites (tertiary alicyclic amines) is 1. The monoisotopic (exact) mass is 286 g/mol. The molecule has 1 fully saturated rings. The second kappa shape index (κ2) is 6.59. The van der Waals surface area contributed by atoms with Crippen LogP contribution >= 0.6 is 0 Å². The van der Waals surface area contributed by atoms with Crippen molar-refractivity contribution >= 4 is 0 Å². The molecule has 20 heavy (non-hydrogen) atoms. The maximum absolute atomic E-state index is 12.4. The normalized spacial score (nSPS) is 18.4. The molecule has 1 aliphatic heterocycles. The first kappa shape index (κ1) is 15.3. The van der Waals surface area contributed by atoms with Gasteiger partial charge in [0.2, 0.25) is 0 Å². The third-order valence-corrected chi connectivity index (χ3v) is 3.67. The van der Waals surface area contributed by atoms with Gasteiger partial charge in [0, 0.05) is 19.1 Å². The third-order valence-electron chi connectivity index (χ3n) is 3.67. The van der Waals surface area contributed by atoms with Crippen LogP contribution in [0.2, 0.25) is 0 Å². The molecule has 0 radical (unpaired) electrons. The van der Waals surface area contributed by atoms with Gasteiger partial charge in [-0.2, -0.15) is 13.2 Å². The van der Waals surface area contributed by atoms with Crippen molar-refractivity contribution in [3.05, 3.63) is 35.4 Å². The Balaban J connectivity index is 1.78. The summed E-state index contributed by atoms with van der Waals surface area (Å²) in [6, 6.07) is 5.71. The van der Waals surface area contributed by atoms with Gasteiger partial charge in [0.05, 0.1) is 5.56 Å². The lowest BCUT2D eigenvalue weighted by atomic mass is 10.1. The highest BCUT2D eigenvalue weighted by Crippen LogP contribution is 2.29. The van der Waals surface area contributed by atoms with E-state index in [4.69, 9.17) is 0 Å². The minimum atomic E-state index is -4.25. The summed E-state index contributed by atoms with van der Waals surface area (Å²) in [5.74, 6) is 0. The molecule has 0 aromatic heterocycles. The van der Waals surface area contributed by atoms with Gasteiger partial charge >= 0.3 is 6.18 Å². The Morgan fingerprint density at radius 2 is 1.75 bits per heavy atom. The Morgan fingerprint density at radius 3 is 2.30 bits per heavy atom. The summed E-state index contributed by atoms with van der Waals surface area (Å²) in [7, 11) is 0. The standard InChI is InChI=1S/C15H21F3N2/c1-12(11-20-8-2-3-9-20)19-10-13-4-6-14(7-5-13)15(16,17)18/h4-7,12,19H,2-3,8-11H2,1H3. The first-order valence-electron chi connectivity index (χ1n) is 7.07. The number of rotatable bonds is 5. The average Bonchev–Trinajstić information content (AvgIpc) is 2.88. The molecule has 1 saturated heterocycles. The van der Waals surface area contributed by atoms with Crippen molar-refractivity contribution in [2.24, 2.45) is 0 Å². The summed E-state index contributed by atoms with van der Waals surface area (Å²) in [6.07, 6.45) is -1.72. The van der Waals surface area contributed by atoms with E-state index in [9.17, 15) is 13.2 Å². The molecule has 0 amide bonds. The van der Waals surface area contributed by atoms with E-state index in [1.807, 2.05) is 0 Å². The minimum absolute atomic E-state index is 0.343. The Kier molecular flexibility index (Phi) is 5.05. The number of halogens is 3. The van der Waals surface area contributed by atoms with Gasteiger partial charge in [-0.15, -0.1) is 0 Å². The van der Waals surface area contributed by atoms with Crippen molar-refractivity contribution < 1.29 is 13.2 Å². The SMILES string of the molecule is CC(CN1CCCC1)NCc1ccc(C(F)(F)F)cc1. The largest absolute Gasteiger partial charge is 0.416 e. The highest BCUT2D eigenvalue weighted by molar-refractivity contribution is 5.24. The second-order valence-corrected chi connectivity index (χ2v) is 5.48. The topological polar surface area (TPSA) is 15.3 Å². The Labute approximate surface area is 118 Å². The van der Waals surface area contributed by atoms with E-state index in [1.54, 1.807) is 12.1 Å². The van der Waals surface area contributed by atoms with Crippen molar-refractivity contribution in [2.45, 2.75) is 38.5 Å². The van der Waals surface area contributed by atoms with E-state index in [0.29, 0.717) is 12.6 Å². The highest BCUT2D eigenvalue weighted by Gasteiger charge is 2.29. The molecular formula is C15H21F3N2. The summed E-state index contributed by atoms with van der Waals surface area (Å²) in [4.78, 5) is 2.42. The van der Waals surface area contributed by atoms with Gasteiger partial charge < -0.3 is 10.2 Å². The molecule has 0 saturated carbocycles. The Bertz CT molecular complexity index is 408. The first-order chi connectivity index (χ1) is 9.45. The summed E-state index contributed by atoms with van der Waals surface area (Å²) in [6.45, 7) is 6.04. The Morgan fingerprint density at radius 1 is 1.15 bits per heavy atom. The van der Waals surface area contributed by atoms with Crippen LogP contribution in [0.5, 0.6) is 0 Å². The lowest BCUT2D eigenvalue weighted by Gasteiger charge is -2.21. The predicted molar refractivity (Wildman–Crippen MR) is 73.4 cm³/mol. The fourth-order valence-electron chi connectivity index (χ4n) is 2.52. The minimum Gasteiger partial charge on any atom is -0.309 e. The van der Waals surface area contributed by atoms with E-state index in [0.717, 1.165) is 37.3 Å². The van der Waals surface area contributed by atoms with E-state index in [2.05, 4.69) is 17.1 Å². The van der Waals surface area contributed by atoms with Crippen LogP contribution in [-0.4, -0.2) is 30.6 Å². The van der Waals surface area contributed by atoms with Gasteiger partial charge in [-0.25, -0.2) is 0 Å². The summed E-state index contributed by atoms with van der Waals surface area (Å²) >= 11 is 0. The molecule has 2 nitrogen and oxygen atoms in total. The molecule has 0 aliphatic carbocycles. The van der Waals surface area contributed by atoms with Crippen LogP contribution in [0.3, 0.4) is 0 Å². The van der Waals surface area contributed by atoms with Crippen molar-refractivity contribution in [2.75, 3.05) is 19.6 Å². The lowest BCUT2D eigenvalue weighted by molar-refractivity contribution is -0.137. The maximum Gasteiger partial charge on any atom is 0.416 e. The highest BCUT2D eigenvalue weighted by atomic mass is 19.4. The summed E-state index contributed by atoms with van der Waals surface area (Å²) in [5.41, 5.74) is 0.289. The number of nitrogens with one attached hydrogen (secondary N) is 1. The van der Waals surface area contributed by atoms with Crippen LogP contribution in [0.15, 0.2) is 24.3 Å². The number of nitrogens with zero attached hydrogens (tertiary/aromatic N) is 1. The molecule has 1 aliphatic rings. The van der Waals surface area contributed by atoms with Crippen LogP contribution in [0.4, 0.5) is 13.2 Å². The second-order valence-electron chi connectivity index (χ2n) is 5.48. The van der Waals surface area contributed by atoms with Gasteiger partial charge in [-0.3, -0.25) is 0 Å². The number of benzene rings is 1.